The van der Waals surface area contributed by atoms with Crippen LogP contribution in [0.5, 0.6) is 0 Å². The molecule has 0 aliphatic carbocycles. The molecule has 2 atom stereocenters. The zero-order chi connectivity index (χ0) is 12.8. The Labute approximate surface area is 94.9 Å². The molecular formula is C9H11F3N2O3. The standard InChI is InChI=1S/C9H11F3N2O3/c1-8(9(10,11)12)6(15)14(7(16)13-8)5-2-3-17-4-5/h5H,2-4H2,1H3,(H,13,16). The monoisotopic (exact) mass is 252 g/mol. The molecule has 3 amide bonds. The maximum atomic E-state index is 12.7. The predicted molar refractivity (Wildman–Crippen MR) is 49.1 cm³/mol. The normalized spacial score (nSPS) is 34.4. The van der Waals surface area contributed by atoms with Crippen LogP contribution in [0.3, 0.4) is 0 Å². The molecular weight excluding hydrogens is 241 g/mol. The van der Waals surface area contributed by atoms with Crippen molar-refractivity contribution in [3.05, 3.63) is 0 Å². The number of hydrogen-bond donors (Lipinski definition) is 1. The first-order valence-corrected chi connectivity index (χ1v) is 5.07. The number of carbonyl (C=O) groups is 2. The van der Waals surface area contributed by atoms with Gasteiger partial charge in [-0.3, -0.25) is 9.69 Å². The number of urea groups is 1. The van der Waals surface area contributed by atoms with E-state index < -0.39 is 29.7 Å². The van der Waals surface area contributed by atoms with Crippen LogP contribution in [0.4, 0.5) is 18.0 Å². The van der Waals surface area contributed by atoms with Gasteiger partial charge in [0.15, 0.2) is 0 Å². The van der Waals surface area contributed by atoms with Crippen molar-refractivity contribution in [1.29, 1.82) is 0 Å². The van der Waals surface area contributed by atoms with E-state index >= 15 is 0 Å². The van der Waals surface area contributed by atoms with Gasteiger partial charge >= 0.3 is 12.2 Å². The molecule has 0 spiro atoms. The highest BCUT2D eigenvalue weighted by Crippen LogP contribution is 2.36. The lowest BCUT2D eigenvalue weighted by Gasteiger charge is -2.25. The van der Waals surface area contributed by atoms with Crippen LogP contribution in [-0.2, 0) is 9.53 Å². The second-order valence-corrected chi connectivity index (χ2v) is 4.25. The van der Waals surface area contributed by atoms with Crippen LogP contribution >= 0.6 is 0 Å². The number of ether oxygens (including phenoxy) is 1. The molecule has 2 heterocycles. The summed E-state index contributed by atoms with van der Waals surface area (Å²) >= 11 is 0. The zero-order valence-corrected chi connectivity index (χ0v) is 9.00. The summed E-state index contributed by atoms with van der Waals surface area (Å²) in [5, 5.41) is 1.70. The Balaban J connectivity index is 2.28. The first-order valence-electron chi connectivity index (χ1n) is 5.07. The molecule has 1 N–H and O–H groups in total. The highest BCUT2D eigenvalue weighted by atomic mass is 19.4. The number of amides is 3. The van der Waals surface area contributed by atoms with Gasteiger partial charge in [0.2, 0.25) is 5.54 Å². The highest BCUT2D eigenvalue weighted by Gasteiger charge is 2.65. The number of halogens is 3. The lowest BCUT2D eigenvalue weighted by Crippen LogP contribution is -2.56. The van der Waals surface area contributed by atoms with Gasteiger partial charge in [-0.15, -0.1) is 0 Å². The van der Waals surface area contributed by atoms with Crippen molar-refractivity contribution in [3.63, 3.8) is 0 Å². The van der Waals surface area contributed by atoms with Crippen LogP contribution in [0.1, 0.15) is 13.3 Å². The van der Waals surface area contributed by atoms with Crippen LogP contribution in [0, 0.1) is 0 Å². The second kappa shape index (κ2) is 3.59. The van der Waals surface area contributed by atoms with E-state index in [1.165, 1.54) is 0 Å². The summed E-state index contributed by atoms with van der Waals surface area (Å²) in [6, 6.07) is -1.61. The molecule has 2 unspecified atom stereocenters. The maximum Gasteiger partial charge on any atom is 0.420 e. The average Bonchev–Trinajstić information content (AvgIpc) is 2.75. The molecule has 2 rings (SSSR count). The van der Waals surface area contributed by atoms with E-state index in [2.05, 4.69) is 0 Å². The fourth-order valence-electron chi connectivity index (χ4n) is 1.91. The summed E-state index contributed by atoms with van der Waals surface area (Å²) < 4.78 is 43.2. The summed E-state index contributed by atoms with van der Waals surface area (Å²) in [7, 11) is 0. The minimum absolute atomic E-state index is 0.0904. The van der Waals surface area contributed by atoms with Crippen molar-refractivity contribution in [1.82, 2.24) is 10.2 Å². The van der Waals surface area contributed by atoms with E-state index in [-0.39, 0.29) is 6.61 Å². The lowest BCUT2D eigenvalue weighted by atomic mass is 10.0. The molecule has 0 radical (unpaired) electrons. The van der Waals surface area contributed by atoms with Gasteiger partial charge in [-0.05, 0) is 13.3 Å². The Morgan fingerprint density at radius 1 is 1.47 bits per heavy atom. The lowest BCUT2D eigenvalue weighted by molar-refractivity contribution is -0.191. The van der Waals surface area contributed by atoms with Gasteiger partial charge in [-0.2, -0.15) is 13.2 Å². The van der Waals surface area contributed by atoms with Crippen molar-refractivity contribution < 1.29 is 27.5 Å². The summed E-state index contributed by atoms with van der Waals surface area (Å²) in [6.07, 6.45) is -4.44. The van der Waals surface area contributed by atoms with Gasteiger partial charge in [-0.1, -0.05) is 0 Å². The Hall–Kier alpha value is -1.31. The largest absolute Gasteiger partial charge is 0.420 e. The minimum Gasteiger partial charge on any atom is -0.379 e. The van der Waals surface area contributed by atoms with Gasteiger partial charge in [0.05, 0.1) is 12.6 Å². The van der Waals surface area contributed by atoms with Gasteiger partial charge in [0, 0.05) is 6.61 Å². The van der Waals surface area contributed by atoms with Crippen LogP contribution in [0.15, 0.2) is 0 Å². The summed E-state index contributed by atoms with van der Waals surface area (Å²) in [6.45, 7) is 1.10. The van der Waals surface area contributed by atoms with Crippen molar-refractivity contribution in [2.45, 2.75) is 31.1 Å². The quantitative estimate of drug-likeness (QED) is 0.697. The van der Waals surface area contributed by atoms with Crippen molar-refractivity contribution in [2.75, 3.05) is 13.2 Å². The molecule has 0 aromatic rings. The molecule has 2 fully saturated rings. The van der Waals surface area contributed by atoms with Crippen LogP contribution in [-0.4, -0.2) is 47.8 Å². The Bertz CT molecular complexity index is 365. The summed E-state index contributed by atoms with van der Waals surface area (Å²) in [5.41, 5.74) is -2.83. The molecule has 0 saturated carbocycles. The number of nitrogens with one attached hydrogen (secondary N) is 1. The van der Waals surface area contributed by atoms with E-state index in [4.69, 9.17) is 4.74 Å². The molecule has 8 heteroatoms. The molecule has 0 bridgehead atoms. The number of carbonyl (C=O) groups excluding carboxylic acids is 2. The van der Waals surface area contributed by atoms with Gasteiger partial charge < -0.3 is 10.1 Å². The minimum atomic E-state index is -4.81. The number of hydrogen-bond acceptors (Lipinski definition) is 3. The molecule has 96 valence electrons. The van der Waals surface area contributed by atoms with E-state index in [9.17, 15) is 22.8 Å². The van der Waals surface area contributed by atoms with Gasteiger partial charge in [0.1, 0.15) is 0 Å². The molecule has 17 heavy (non-hydrogen) atoms. The first kappa shape index (κ1) is 12.2. The predicted octanol–water partition coefficient (Wildman–Crippen LogP) is 0.648. The van der Waals surface area contributed by atoms with Gasteiger partial charge in [0.25, 0.3) is 5.91 Å². The van der Waals surface area contributed by atoms with Crippen molar-refractivity contribution >= 4 is 11.9 Å². The smallest absolute Gasteiger partial charge is 0.379 e. The number of imide groups is 1. The van der Waals surface area contributed by atoms with Crippen molar-refractivity contribution in [2.24, 2.45) is 0 Å². The third-order valence-electron chi connectivity index (χ3n) is 3.06. The molecule has 2 aliphatic heterocycles. The number of alkyl halides is 3. The fraction of sp³-hybridized carbons (Fsp3) is 0.778. The molecule has 0 aromatic carbocycles. The molecule has 5 nitrogen and oxygen atoms in total. The topological polar surface area (TPSA) is 58.6 Å². The van der Waals surface area contributed by atoms with Crippen molar-refractivity contribution in [3.8, 4) is 0 Å². The second-order valence-electron chi connectivity index (χ2n) is 4.25. The third-order valence-corrected chi connectivity index (χ3v) is 3.06. The van der Waals surface area contributed by atoms with E-state index in [0.29, 0.717) is 24.9 Å². The summed E-state index contributed by atoms with van der Waals surface area (Å²) in [5.74, 6) is -1.26. The molecule has 2 saturated heterocycles. The first-order chi connectivity index (χ1) is 7.77. The van der Waals surface area contributed by atoms with E-state index in [1.54, 1.807) is 5.32 Å². The zero-order valence-electron chi connectivity index (χ0n) is 9.00. The number of nitrogens with zero attached hydrogens (tertiary/aromatic N) is 1. The van der Waals surface area contributed by atoms with E-state index in [0.717, 1.165) is 0 Å². The maximum absolute atomic E-state index is 12.7. The molecule has 0 aromatic heterocycles. The Morgan fingerprint density at radius 2 is 2.12 bits per heavy atom. The average molecular weight is 252 g/mol. The number of rotatable bonds is 1. The van der Waals surface area contributed by atoms with Gasteiger partial charge in [-0.25, -0.2) is 4.79 Å². The van der Waals surface area contributed by atoms with Crippen LogP contribution < -0.4 is 5.32 Å². The SMILES string of the molecule is CC1(C(F)(F)F)NC(=O)N(C2CCOC2)C1=O. The molecule has 2 aliphatic rings. The van der Waals surface area contributed by atoms with Crippen LogP contribution in [0.25, 0.3) is 0 Å². The Morgan fingerprint density at radius 3 is 2.53 bits per heavy atom. The highest BCUT2D eigenvalue weighted by molar-refractivity contribution is 6.07. The third kappa shape index (κ3) is 1.67. The van der Waals surface area contributed by atoms with Crippen LogP contribution in [0.2, 0.25) is 0 Å². The summed E-state index contributed by atoms with van der Waals surface area (Å²) in [4.78, 5) is 23.8. The Kier molecular flexibility index (Phi) is 2.57. The fourth-order valence-corrected chi connectivity index (χ4v) is 1.91. The van der Waals surface area contributed by atoms with E-state index in [1.807, 2.05) is 0 Å².